The average molecular weight is 416 g/mol. The van der Waals surface area contributed by atoms with E-state index in [0.29, 0.717) is 12.8 Å². The third kappa shape index (κ3) is 5.85. The molecule has 164 valence electrons. The maximum absolute atomic E-state index is 12.3. The van der Waals surface area contributed by atoms with E-state index in [0.717, 1.165) is 12.5 Å². The number of hydrogen-bond donors (Lipinski definition) is 0. The molecular formula is C19H28O10. The van der Waals surface area contributed by atoms with Crippen LogP contribution in [-0.2, 0) is 47.6 Å². The Morgan fingerprint density at radius 3 is 1.38 bits per heavy atom. The maximum Gasteiger partial charge on any atom is 0.452 e. The summed E-state index contributed by atoms with van der Waals surface area (Å²) in [5.74, 6) is -6.33. The fourth-order valence-electron chi connectivity index (χ4n) is 1.69. The van der Waals surface area contributed by atoms with Crippen LogP contribution >= 0.6 is 0 Å². The largest absolute Gasteiger partial charge is 0.452 e. The van der Waals surface area contributed by atoms with E-state index in [-0.39, 0.29) is 0 Å². The summed E-state index contributed by atoms with van der Waals surface area (Å²) >= 11 is 0. The van der Waals surface area contributed by atoms with Crippen molar-refractivity contribution in [2.75, 3.05) is 13.6 Å². The summed E-state index contributed by atoms with van der Waals surface area (Å²) in [6.07, 6.45) is 2.92. The highest BCUT2D eigenvalue weighted by Crippen LogP contribution is 2.26. The van der Waals surface area contributed by atoms with Crippen molar-refractivity contribution in [3.8, 4) is 0 Å². The van der Waals surface area contributed by atoms with Gasteiger partial charge in [-0.05, 0) is 40.5 Å². The van der Waals surface area contributed by atoms with Gasteiger partial charge in [0.1, 0.15) is 12.5 Å². The van der Waals surface area contributed by atoms with E-state index in [2.05, 4.69) is 0 Å². The van der Waals surface area contributed by atoms with Gasteiger partial charge in [0.05, 0.1) is 10.8 Å². The van der Waals surface area contributed by atoms with Gasteiger partial charge in [0.15, 0.2) is 0 Å². The molecule has 0 spiro atoms. The van der Waals surface area contributed by atoms with Crippen molar-refractivity contribution >= 4 is 23.9 Å². The lowest BCUT2D eigenvalue weighted by atomic mass is 9.91. The molecule has 0 aromatic rings. The van der Waals surface area contributed by atoms with Gasteiger partial charge in [-0.3, -0.25) is 9.59 Å². The highest BCUT2D eigenvalue weighted by molar-refractivity contribution is 6.02. The van der Waals surface area contributed by atoms with Gasteiger partial charge in [-0.25, -0.2) is 9.59 Å². The zero-order valence-corrected chi connectivity index (χ0v) is 17.6. The fraction of sp³-hybridized carbons (Fsp3) is 0.684. The van der Waals surface area contributed by atoms with Crippen LogP contribution in [0.4, 0.5) is 0 Å². The van der Waals surface area contributed by atoms with Crippen LogP contribution in [0.2, 0.25) is 0 Å². The van der Waals surface area contributed by atoms with Gasteiger partial charge in [-0.15, -0.1) is 0 Å². The molecule has 1 aliphatic rings. The number of ether oxygens (including phenoxy) is 6. The molecule has 1 rings (SSSR count). The molecule has 1 aliphatic heterocycles. The molecule has 0 aliphatic carbocycles. The summed E-state index contributed by atoms with van der Waals surface area (Å²) in [7, 11) is 0. The Kier molecular flexibility index (Phi) is 8.05. The minimum Gasteiger partial charge on any atom is -0.439 e. The zero-order chi connectivity index (χ0) is 22.3. The van der Waals surface area contributed by atoms with Crippen LogP contribution in [0.25, 0.3) is 0 Å². The minimum absolute atomic E-state index is 0.514. The Morgan fingerprint density at radius 1 is 0.724 bits per heavy atom. The lowest BCUT2D eigenvalue weighted by Crippen LogP contribution is -2.50. The molecule has 0 saturated heterocycles. The molecule has 0 N–H and O–H groups in total. The molecule has 0 aromatic heterocycles. The van der Waals surface area contributed by atoms with Gasteiger partial charge in [0, 0.05) is 0 Å². The predicted octanol–water partition coefficient (Wildman–Crippen LogP) is 2.16. The molecule has 1 heterocycles. The SMILES string of the molecule is CCC(C)(C)C(=O)OCOC(=O)C1(C(=O)OCOC(=O)C(C)(C)CC)OC=CO1. The normalized spacial score (nSPS) is 15.0. The lowest BCUT2D eigenvalue weighted by molar-refractivity contribution is -0.228. The first kappa shape index (κ1) is 24.3. The van der Waals surface area contributed by atoms with E-state index in [1.807, 2.05) is 0 Å². The quantitative estimate of drug-likeness (QED) is 0.297. The average Bonchev–Trinajstić information content (AvgIpc) is 3.18. The van der Waals surface area contributed by atoms with Crippen LogP contribution in [0.5, 0.6) is 0 Å². The molecule has 0 bridgehead atoms. The van der Waals surface area contributed by atoms with Crippen LogP contribution in [0.15, 0.2) is 12.5 Å². The highest BCUT2D eigenvalue weighted by atomic mass is 16.8. The number of hydrogen-bond acceptors (Lipinski definition) is 10. The van der Waals surface area contributed by atoms with Crippen molar-refractivity contribution in [1.82, 2.24) is 0 Å². The molecule has 0 aromatic carbocycles. The second kappa shape index (κ2) is 9.62. The molecule has 10 nitrogen and oxygen atoms in total. The summed E-state index contributed by atoms with van der Waals surface area (Å²) in [6, 6.07) is 0. The molecule has 10 heteroatoms. The second-order valence-electron chi connectivity index (χ2n) is 7.56. The van der Waals surface area contributed by atoms with Crippen molar-refractivity contribution in [3.05, 3.63) is 12.5 Å². The maximum atomic E-state index is 12.3. The van der Waals surface area contributed by atoms with Gasteiger partial charge < -0.3 is 28.4 Å². The van der Waals surface area contributed by atoms with Crippen molar-refractivity contribution in [2.45, 2.75) is 60.2 Å². The predicted molar refractivity (Wildman–Crippen MR) is 96.3 cm³/mol. The number of carbonyl (C=O) groups excluding carboxylic acids is 4. The molecule has 0 atom stereocenters. The van der Waals surface area contributed by atoms with Crippen LogP contribution in [0.3, 0.4) is 0 Å². The fourth-order valence-corrected chi connectivity index (χ4v) is 1.69. The standard InChI is InChI=1S/C19H28O10/c1-7-17(3,4)13(20)24-11-26-15(22)19(28-9-10-29-19)16(23)27-12-25-14(21)18(5,6)8-2/h9-10H,7-8,11-12H2,1-6H3. The van der Waals surface area contributed by atoms with Crippen molar-refractivity contribution in [3.63, 3.8) is 0 Å². The Labute approximate surface area is 169 Å². The minimum atomic E-state index is -2.57. The molecule has 0 radical (unpaired) electrons. The van der Waals surface area contributed by atoms with Gasteiger partial charge in [0.2, 0.25) is 13.6 Å². The van der Waals surface area contributed by atoms with Gasteiger partial charge >= 0.3 is 29.7 Å². The number of esters is 4. The van der Waals surface area contributed by atoms with E-state index in [4.69, 9.17) is 28.4 Å². The Hall–Kier alpha value is -2.78. The van der Waals surface area contributed by atoms with Crippen molar-refractivity contribution in [1.29, 1.82) is 0 Å². The summed E-state index contributed by atoms with van der Waals surface area (Å²) in [5.41, 5.74) is -1.53. The summed E-state index contributed by atoms with van der Waals surface area (Å²) in [5, 5.41) is 0. The first-order valence-electron chi connectivity index (χ1n) is 9.12. The summed E-state index contributed by atoms with van der Waals surface area (Å²) < 4.78 is 29.2. The van der Waals surface area contributed by atoms with E-state index in [1.54, 1.807) is 41.5 Å². The molecule has 29 heavy (non-hydrogen) atoms. The third-order valence-electron chi connectivity index (χ3n) is 4.69. The molecule has 0 amide bonds. The van der Waals surface area contributed by atoms with Crippen LogP contribution in [0.1, 0.15) is 54.4 Å². The third-order valence-corrected chi connectivity index (χ3v) is 4.69. The topological polar surface area (TPSA) is 124 Å². The van der Waals surface area contributed by atoms with Gasteiger partial charge in [-0.1, -0.05) is 13.8 Å². The van der Waals surface area contributed by atoms with Crippen LogP contribution in [-0.4, -0.2) is 43.3 Å². The van der Waals surface area contributed by atoms with Gasteiger partial charge in [-0.2, -0.15) is 0 Å². The van der Waals surface area contributed by atoms with E-state index in [9.17, 15) is 19.2 Å². The highest BCUT2D eigenvalue weighted by Gasteiger charge is 2.57. The number of carbonyl (C=O) groups is 4. The monoisotopic (exact) mass is 416 g/mol. The molecule has 0 saturated carbocycles. The summed E-state index contributed by atoms with van der Waals surface area (Å²) in [4.78, 5) is 48.4. The molecule has 0 fully saturated rings. The van der Waals surface area contributed by atoms with E-state index >= 15 is 0 Å². The summed E-state index contributed by atoms with van der Waals surface area (Å²) in [6.45, 7) is 8.80. The van der Waals surface area contributed by atoms with Crippen LogP contribution in [0, 0.1) is 10.8 Å². The second-order valence-corrected chi connectivity index (χ2v) is 7.56. The Morgan fingerprint density at radius 2 is 1.07 bits per heavy atom. The zero-order valence-electron chi connectivity index (χ0n) is 17.6. The van der Waals surface area contributed by atoms with Crippen molar-refractivity contribution < 1.29 is 47.6 Å². The lowest BCUT2D eigenvalue weighted by Gasteiger charge is -2.24. The molecule has 0 unspecified atom stereocenters. The van der Waals surface area contributed by atoms with Crippen molar-refractivity contribution in [2.24, 2.45) is 10.8 Å². The van der Waals surface area contributed by atoms with Crippen LogP contribution < -0.4 is 0 Å². The van der Waals surface area contributed by atoms with E-state index in [1.165, 1.54) is 0 Å². The smallest absolute Gasteiger partial charge is 0.439 e. The first-order valence-corrected chi connectivity index (χ1v) is 9.12. The van der Waals surface area contributed by atoms with E-state index < -0.39 is 54.1 Å². The van der Waals surface area contributed by atoms with Gasteiger partial charge in [0.25, 0.3) is 0 Å². The number of rotatable bonds is 10. The first-order chi connectivity index (χ1) is 13.4. The Balaban J connectivity index is 2.62. The Bertz CT molecular complexity index is 606. The molecular weight excluding hydrogens is 388 g/mol.